The highest BCUT2D eigenvalue weighted by molar-refractivity contribution is 5.88. The Bertz CT molecular complexity index is 334. The van der Waals surface area contributed by atoms with E-state index in [2.05, 4.69) is 16.0 Å². The predicted molar refractivity (Wildman–Crippen MR) is 67.8 cm³/mol. The van der Waals surface area contributed by atoms with Gasteiger partial charge in [-0.05, 0) is 13.3 Å². The number of carbonyl (C=O) groups is 3. The van der Waals surface area contributed by atoms with Crippen LogP contribution in [0.3, 0.4) is 0 Å². The standard InChI is InChI=1S/C11H21N3O5/c1-4-11(2,9(16)17)14-10(18)13-7-8(15)12-5-6-19-3/h4-7H2,1-3H3,(H,12,15)(H,16,17)(H2,13,14,18). The number of aliphatic carboxylic acids is 1. The van der Waals surface area contributed by atoms with E-state index in [1.807, 2.05) is 0 Å². The third-order valence-corrected chi connectivity index (χ3v) is 2.61. The van der Waals surface area contributed by atoms with Crippen molar-refractivity contribution < 1.29 is 24.2 Å². The van der Waals surface area contributed by atoms with Crippen molar-refractivity contribution in [2.24, 2.45) is 0 Å². The van der Waals surface area contributed by atoms with Crippen molar-refractivity contribution in [3.63, 3.8) is 0 Å². The van der Waals surface area contributed by atoms with Crippen LogP contribution >= 0.6 is 0 Å². The van der Waals surface area contributed by atoms with Crippen LogP contribution < -0.4 is 16.0 Å². The van der Waals surface area contributed by atoms with Crippen molar-refractivity contribution in [3.8, 4) is 0 Å². The van der Waals surface area contributed by atoms with Gasteiger partial charge in [-0.3, -0.25) is 4.79 Å². The second-order valence-electron chi connectivity index (χ2n) is 4.14. The molecule has 0 fully saturated rings. The number of nitrogens with one attached hydrogen (secondary N) is 3. The topological polar surface area (TPSA) is 117 Å². The Morgan fingerprint density at radius 1 is 1.26 bits per heavy atom. The van der Waals surface area contributed by atoms with Crippen LogP contribution in [0.5, 0.6) is 0 Å². The summed E-state index contributed by atoms with van der Waals surface area (Å²) < 4.78 is 4.74. The Morgan fingerprint density at radius 2 is 1.89 bits per heavy atom. The van der Waals surface area contributed by atoms with E-state index in [9.17, 15) is 14.4 Å². The number of rotatable bonds is 8. The van der Waals surface area contributed by atoms with Crippen molar-refractivity contribution in [1.29, 1.82) is 0 Å². The number of amides is 3. The molecule has 8 heteroatoms. The number of methoxy groups -OCH3 is 1. The average molecular weight is 275 g/mol. The van der Waals surface area contributed by atoms with Crippen molar-refractivity contribution in [2.45, 2.75) is 25.8 Å². The van der Waals surface area contributed by atoms with Crippen LogP contribution in [-0.2, 0) is 14.3 Å². The summed E-state index contributed by atoms with van der Waals surface area (Å²) in [5.74, 6) is -1.50. The lowest BCUT2D eigenvalue weighted by atomic mass is 10.00. The number of carbonyl (C=O) groups excluding carboxylic acids is 2. The van der Waals surface area contributed by atoms with Crippen molar-refractivity contribution >= 4 is 17.9 Å². The zero-order valence-corrected chi connectivity index (χ0v) is 11.4. The molecule has 0 spiro atoms. The molecule has 0 aliphatic rings. The van der Waals surface area contributed by atoms with Gasteiger partial charge in [0.1, 0.15) is 5.54 Å². The lowest BCUT2D eigenvalue weighted by Crippen LogP contribution is -2.55. The minimum atomic E-state index is -1.35. The fourth-order valence-electron chi connectivity index (χ4n) is 1.10. The van der Waals surface area contributed by atoms with E-state index in [0.717, 1.165) is 0 Å². The summed E-state index contributed by atoms with van der Waals surface area (Å²) in [6.07, 6.45) is 0.232. The third kappa shape index (κ3) is 6.61. The molecule has 0 aliphatic heterocycles. The molecule has 1 unspecified atom stereocenters. The Labute approximate surface area is 111 Å². The first kappa shape index (κ1) is 17.2. The summed E-state index contributed by atoms with van der Waals surface area (Å²) in [6.45, 7) is 3.54. The van der Waals surface area contributed by atoms with Gasteiger partial charge in [0.05, 0.1) is 13.2 Å². The second kappa shape index (κ2) is 8.30. The van der Waals surface area contributed by atoms with Gasteiger partial charge in [0.25, 0.3) is 0 Å². The van der Waals surface area contributed by atoms with Crippen molar-refractivity contribution in [1.82, 2.24) is 16.0 Å². The van der Waals surface area contributed by atoms with E-state index in [0.29, 0.717) is 13.2 Å². The fraction of sp³-hybridized carbons (Fsp3) is 0.727. The van der Waals surface area contributed by atoms with E-state index in [-0.39, 0.29) is 18.9 Å². The van der Waals surface area contributed by atoms with Crippen LogP contribution in [0.1, 0.15) is 20.3 Å². The normalized spacial score (nSPS) is 13.2. The summed E-state index contributed by atoms with van der Waals surface area (Å²) in [5, 5.41) is 16.1. The van der Waals surface area contributed by atoms with Crippen molar-refractivity contribution in [3.05, 3.63) is 0 Å². The maximum absolute atomic E-state index is 11.5. The van der Waals surface area contributed by atoms with E-state index in [1.54, 1.807) is 6.92 Å². The average Bonchev–Trinajstić information content (AvgIpc) is 2.36. The van der Waals surface area contributed by atoms with E-state index in [4.69, 9.17) is 9.84 Å². The van der Waals surface area contributed by atoms with Gasteiger partial charge in [0.15, 0.2) is 0 Å². The molecule has 8 nitrogen and oxygen atoms in total. The first-order valence-electron chi connectivity index (χ1n) is 5.90. The van der Waals surface area contributed by atoms with Crippen LogP contribution in [0.2, 0.25) is 0 Å². The number of carboxylic acids is 1. The molecule has 0 saturated carbocycles. The summed E-state index contributed by atoms with van der Waals surface area (Å²) >= 11 is 0. The minimum Gasteiger partial charge on any atom is -0.480 e. The smallest absolute Gasteiger partial charge is 0.329 e. The quantitative estimate of drug-likeness (QED) is 0.437. The van der Waals surface area contributed by atoms with Gasteiger partial charge in [0, 0.05) is 13.7 Å². The molecule has 0 heterocycles. The number of urea groups is 1. The summed E-state index contributed by atoms with van der Waals surface area (Å²) in [5.41, 5.74) is -1.35. The molecular formula is C11H21N3O5. The predicted octanol–water partition coefficient (Wildman–Crippen LogP) is -0.698. The summed E-state index contributed by atoms with van der Waals surface area (Å²) in [7, 11) is 1.51. The van der Waals surface area contributed by atoms with Gasteiger partial charge in [-0.25, -0.2) is 9.59 Å². The Morgan fingerprint density at radius 3 is 2.37 bits per heavy atom. The Balaban J connectivity index is 4.05. The molecule has 4 N–H and O–H groups in total. The number of carboxylic acid groups (broad SMARTS) is 1. The molecule has 0 saturated heterocycles. The monoisotopic (exact) mass is 275 g/mol. The van der Waals surface area contributed by atoms with Gasteiger partial charge in [-0.2, -0.15) is 0 Å². The van der Waals surface area contributed by atoms with Crippen LogP contribution in [-0.4, -0.2) is 55.4 Å². The number of hydrogen-bond donors (Lipinski definition) is 4. The molecule has 19 heavy (non-hydrogen) atoms. The molecule has 0 radical (unpaired) electrons. The molecule has 0 bridgehead atoms. The summed E-state index contributed by atoms with van der Waals surface area (Å²) in [6, 6.07) is -0.700. The maximum Gasteiger partial charge on any atom is 0.329 e. The van der Waals surface area contributed by atoms with Crippen LogP contribution in [0.15, 0.2) is 0 Å². The zero-order valence-electron chi connectivity index (χ0n) is 11.4. The SMILES string of the molecule is CCC(C)(NC(=O)NCC(=O)NCCOC)C(=O)O. The highest BCUT2D eigenvalue weighted by Gasteiger charge is 2.32. The van der Waals surface area contributed by atoms with Gasteiger partial charge in [-0.15, -0.1) is 0 Å². The lowest BCUT2D eigenvalue weighted by Gasteiger charge is -2.24. The fourth-order valence-corrected chi connectivity index (χ4v) is 1.10. The first-order chi connectivity index (χ1) is 8.85. The number of ether oxygens (including phenoxy) is 1. The molecule has 110 valence electrons. The second-order valence-corrected chi connectivity index (χ2v) is 4.14. The molecule has 0 aliphatic carbocycles. The van der Waals surface area contributed by atoms with Gasteiger partial charge < -0.3 is 25.8 Å². The highest BCUT2D eigenvalue weighted by atomic mass is 16.5. The third-order valence-electron chi connectivity index (χ3n) is 2.61. The summed E-state index contributed by atoms with van der Waals surface area (Å²) in [4.78, 5) is 33.7. The van der Waals surface area contributed by atoms with Gasteiger partial charge in [-0.1, -0.05) is 6.92 Å². The van der Waals surface area contributed by atoms with Gasteiger partial charge >= 0.3 is 12.0 Å². The Hall–Kier alpha value is -1.83. The molecule has 1 atom stereocenters. The maximum atomic E-state index is 11.5. The zero-order chi connectivity index (χ0) is 14.9. The molecule has 0 aromatic carbocycles. The molecular weight excluding hydrogens is 254 g/mol. The van der Waals surface area contributed by atoms with Crippen LogP contribution in [0.4, 0.5) is 4.79 Å². The number of hydrogen-bond acceptors (Lipinski definition) is 4. The molecule has 3 amide bonds. The molecule has 0 rings (SSSR count). The first-order valence-corrected chi connectivity index (χ1v) is 5.90. The molecule has 0 aromatic rings. The van der Waals surface area contributed by atoms with E-state index >= 15 is 0 Å². The highest BCUT2D eigenvalue weighted by Crippen LogP contribution is 2.08. The Kier molecular flexibility index (Phi) is 7.50. The molecule has 0 aromatic heterocycles. The van der Waals surface area contributed by atoms with E-state index < -0.39 is 17.5 Å². The van der Waals surface area contributed by atoms with Crippen LogP contribution in [0.25, 0.3) is 0 Å². The largest absolute Gasteiger partial charge is 0.480 e. The van der Waals surface area contributed by atoms with Crippen LogP contribution in [0, 0.1) is 0 Å². The minimum absolute atomic E-state index is 0.227. The van der Waals surface area contributed by atoms with Crippen molar-refractivity contribution in [2.75, 3.05) is 26.8 Å². The van der Waals surface area contributed by atoms with Gasteiger partial charge in [0.2, 0.25) is 5.91 Å². The lowest BCUT2D eigenvalue weighted by molar-refractivity contribution is -0.143. The van der Waals surface area contributed by atoms with E-state index in [1.165, 1.54) is 14.0 Å².